The monoisotopic (exact) mass is 162 g/mol. The quantitative estimate of drug-likeness (QED) is 0.516. The summed E-state index contributed by atoms with van der Waals surface area (Å²) in [6, 6.07) is 0. The number of thiocarbonyl (C=S) groups is 1. The molecular weight excluding hydrogens is 152 g/mol. The van der Waals surface area contributed by atoms with Gasteiger partial charge in [0.1, 0.15) is 0 Å². The molecule has 0 aromatic rings. The molecule has 0 aliphatic heterocycles. The molecule has 5 heteroatoms. The Morgan fingerprint density at radius 2 is 2.10 bits per heavy atom. The minimum Gasteiger partial charge on any atom is -0.453 e. The van der Waals surface area contributed by atoms with Gasteiger partial charge in [-0.05, 0) is 12.2 Å². The molecule has 0 aromatic carbocycles. The van der Waals surface area contributed by atoms with E-state index in [4.69, 9.17) is 12.2 Å². The van der Waals surface area contributed by atoms with E-state index in [2.05, 4.69) is 10.1 Å². The summed E-state index contributed by atoms with van der Waals surface area (Å²) in [5.74, 6) is 0. The Morgan fingerprint density at radius 1 is 1.60 bits per heavy atom. The van der Waals surface area contributed by atoms with Gasteiger partial charge >= 0.3 is 6.09 Å². The summed E-state index contributed by atoms with van der Waals surface area (Å²) in [5.41, 5.74) is 0. The second-order valence-electron chi connectivity index (χ2n) is 1.82. The predicted octanol–water partition coefficient (Wildman–Crippen LogP) is 0.189. The van der Waals surface area contributed by atoms with Crippen molar-refractivity contribution in [3.05, 3.63) is 0 Å². The third-order valence-corrected chi connectivity index (χ3v) is 1.27. The van der Waals surface area contributed by atoms with Crippen molar-refractivity contribution in [3.8, 4) is 0 Å². The maximum absolute atomic E-state index is 10.5. The van der Waals surface area contributed by atoms with E-state index in [9.17, 15) is 4.79 Å². The highest BCUT2D eigenvalue weighted by Crippen LogP contribution is 1.79. The maximum Gasteiger partial charge on any atom is 0.413 e. The molecule has 0 rings (SSSR count). The third-order valence-electron chi connectivity index (χ3n) is 0.801. The van der Waals surface area contributed by atoms with Crippen molar-refractivity contribution >= 4 is 23.4 Å². The van der Waals surface area contributed by atoms with Crippen LogP contribution in [0.15, 0.2) is 0 Å². The van der Waals surface area contributed by atoms with Gasteiger partial charge in [-0.1, -0.05) is 0 Å². The molecule has 0 saturated carbocycles. The van der Waals surface area contributed by atoms with Crippen LogP contribution in [-0.4, -0.2) is 37.3 Å². The first-order valence-corrected chi connectivity index (χ1v) is 3.05. The van der Waals surface area contributed by atoms with Gasteiger partial charge in [-0.15, -0.1) is 0 Å². The Kier molecular flexibility index (Phi) is 3.71. The lowest BCUT2D eigenvalue weighted by atomic mass is 10.8. The standard InChI is InChI=1S/C5H10N2O2S/c1-7(2)4(10)6-5(8)9-3/h1-3H3,(H,6,8,10). The molecule has 0 heterocycles. The minimum absolute atomic E-state index is 0.340. The van der Waals surface area contributed by atoms with Crippen LogP contribution in [0.5, 0.6) is 0 Å². The molecule has 0 spiro atoms. The highest BCUT2D eigenvalue weighted by atomic mass is 32.1. The minimum atomic E-state index is -0.543. The van der Waals surface area contributed by atoms with E-state index in [0.717, 1.165) is 0 Å². The molecule has 0 radical (unpaired) electrons. The van der Waals surface area contributed by atoms with Crippen molar-refractivity contribution in [1.29, 1.82) is 0 Å². The topological polar surface area (TPSA) is 41.6 Å². The normalized spacial score (nSPS) is 8.30. The number of methoxy groups -OCH3 is 1. The maximum atomic E-state index is 10.5. The Bertz CT molecular complexity index is 147. The van der Waals surface area contributed by atoms with Crippen LogP contribution in [0.4, 0.5) is 4.79 Å². The van der Waals surface area contributed by atoms with Crippen LogP contribution in [0.25, 0.3) is 0 Å². The van der Waals surface area contributed by atoms with Gasteiger partial charge in [0.25, 0.3) is 0 Å². The summed E-state index contributed by atoms with van der Waals surface area (Å²) in [5, 5.41) is 2.66. The molecule has 1 amide bonds. The number of ether oxygens (including phenoxy) is 1. The fourth-order valence-corrected chi connectivity index (χ4v) is 0.333. The molecule has 0 aliphatic rings. The summed E-state index contributed by atoms with van der Waals surface area (Å²) in [4.78, 5) is 12.1. The number of hydrogen-bond donors (Lipinski definition) is 1. The van der Waals surface area contributed by atoms with E-state index in [1.165, 1.54) is 7.11 Å². The molecule has 0 unspecified atom stereocenters. The fourth-order valence-electron chi connectivity index (χ4n) is 0.250. The average molecular weight is 162 g/mol. The Hall–Kier alpha value is -0.840. The van der Waals surface area contributed by atoms with Crippen molar-refractivity contribution in [3.63, 3.8) is 0 Å². The fraction of sp³-hybridized carbons (Fsp3) is 0.600. The van der Waals surface area contributed by atoms with Crippen molar-refractivity contribution in [2.45, 2.75) is 0 Å². The van der Waals surface area contributed by atoms with Crippen LogP contribution in [0.2, 0.25) is 0 Å². The van der Waals surface area contributed by atoms with E-state index < -0.39 is 6.09 Å². The molecule has 0 aliphatic carbocycles. The predicted molar refractivity (Wildman–Crippen MR) is 41.8 cm³/mol. The molecule has 0 fully saturated rings. The van der Waals surface area contributed by atoms with Crippen LogP contribution in [-0.2, 0) is 4.74 Å². The van der Waals surface area contributed by atoms with E-state index in [1.807, 2.05) is 0 Å². The number of amides is 1. The van der Waals surface area contributed by atoms with Gasteiger partial charge in [-0.25, -0.2) is 4.79 Å². The third kappa shape index (κ3) is 3.24. The largest absolute Gasteiger partial charge is 0.453 e. The Labute approximate surface area is 65.1 Å². The molecule has 0 saturated heterocycles. The van der Waals surface area contributed by atoms with Crippen LogP contribution < -0.4 is 5.32 Å². The summed E-state index contributed by atoms with van der Waals surface area (Å²) < 4.78 is 4.31. The molecule has 4 nitrogen and oxygen atoms in total. The van der Waals surface area contributed by atoms with Crippen molar-refractivity contribution in [2.75, 3.05) is 21.2 Å². The summed E-state index contributed by atoms with van der Waals surface area (Å²) in [6.45, 7) is 0. The first-order valence-electron chi connectivity index (χ1n) is 2.64. The zero-order valence-corrected chi connectivity index (χ0v) is 6.99. The second kappa shape index (κ2) is 4.05. The summed E-state index contributed by atoms with van der Waals surface area (Å²) in [6.07, 6.45) is -0.543. The second-order valence-corrected chi connectivity index (χ2v) is 2.20. The number of nitrogens with zero attached hydrogens (tertiary/aromatic N) is 1. The van der Waals surface area contributed by atoms with Crippen molar-refractivity contribution in [1.82, 2.24) is 10.2 Å². The van der Waals surface area contributed by atoms with Gasteiger partial charge in [0.05, 0.1) is 7.11 Å². The van der Waals surface area contributed by atoms with Gasteiger partial charge < -0.3 is 9.64 Å². The molecule has 0 atom stereocenters. The summed E-state index contributed by atoms with van der Waals surface area (Å²) >= 11 is 4.73. The van der Waals surface area contributed by atoms with E-state index >= 15 is 0 Å². The number of carbonyl (C=O) groups is 1. The number of nitrogens with one attached hydrogen (secondary N) is 1. The highest BCUT2D eigenvalue weighted by molar-refractivity contribution is 7.80. The first-order chi connectivity index (χ1) is 4.57. The smallest absolute Gasteiger partial charge is 0.413 e. The van der Waals surface area contributed by atoms with Gasteiger partial charge in [-0.3, -0.25) is 5.32 Å². The van der Waals surface area contributed by atoms with Gasteiger partial charge in [-0.2, -0.15) is 0 Å². The molecule has 0 aromatic heterocycles. The van der Waals surface area contributed by atoms with Crippen LogP contribution in [0.1, 0.15) is 0 Å². The Balaban J connectivity index is 3.69. The van der Waals surface area contributed by atoms with Crippen molar-refractivity contribution in [2.24, 2.45) is 0 Å². The molecule has 58 valence electrons. The highest BCUT2D eigenvalue weighted by Gasteiger charge is 2.02. The molecule has 10 heavy (non-hydrogen) atoms. The zero-order valence-electron chi connectivity index (χ0n) is 6.17. The van der Waals surface area contributed by atoms with Gasteiger partial charge in [0, 0.05) is 14.1 Å². The lowest BCUT2D eigenvalue weighted by Gasteiger charge is -2.12. The number of carbonyl (C=O) groups excluding carboxylic acids is 1. The van der Waals surface area contributed by atoms with Crippen LogP contribution in [0, 0.1) is 0 Å². The van der Waals surface area contributed by atoms with E-state index in [0.29, 0.717) is 5.11 Å². The lowest BCUT2D eigenvalue weighted by Crippen LogP contribution is -2.38. The van der Waals surface area contributed by atoms with Crippen LogP contribution >= 0.6 is 12.2 Å². The SMILES string of the molecule is COC(=O)NC(=S)N(C)C. The van der Waals surface area contributed by atoms with E-state index in [-0.39, 0.29) is 0 Å². The van der Waals surface area contributed by atoms with E-state index in [1.54, 1.807) is 19.0 Å². The Morgan fingerprint density at radius 3 is 2.40 bits per heavy atom. The number of hydrogen-bond acceptors (Lipinski definition) is 3. The van der Waals surface area contributed by atoms with Crippen molar-refractivity contribution < 1.29 is 9.53 Å². The zero-order chi connectivity index (χ0) is 8.15. The average Bonchev–Trinajstić information content (AvgIpc) is 1.87. The van der Waals surface area contributed by atoms with Gasteiger partial charge in [0.2, 0.25) is 0 Å². The lowest BCUT2D eigenvalue weighted by molar-refractivity contribution is 0.176. The van der Waals surface area contributed by atoms with Crippen LogP contribution in [0.3, 0.4) is 0 Å². The molecular formula is C5H10N2O2S. The number of alkyl carbamates (subject to hydrolysis) is 1. The summed E-state index contributed by atoms with van der Waals surface area (Å²) in [7, 11) is 4.75. The molecule has 0 bridgehead atoms. The number of rotatable bonds is 0. The first kappa shape index (κ1) is 9.16. The van der Waals surface area contributed by atoms with Gasteiger partial charge in [0.15, 0.2) is 5.11 Å². The molecule has 1 N–H and O–H groups in total.